The third kappa shape index (κ3) is 2.98. The molecule has 1 aliphatic heterocycles. The van der Waals surface area contributed by atoms with Crippen molar-refractivity contribution in [2.75, 3.05) is 11.9 Å². The Morgan fingerprint density at radius 1 is 1.39 bits per heavy atom. The van der Waals surface area contributed by atoms with Crippen molar-refractivity contribution in [3.63, 3.8) is 0 Å². The standard InChI is InChI=1S/C12H13BrF3NO/c1-7-11(4-5-18-7)17-8-2-3-10(13)9(6-8)12(14,15)16/h2-3,6-7,11,17H,4-5H2,1H3. The largest absolute Gasteiger partial charge is 0.417 e. The lowest BCUT2D eigenvalue weighted by molar-refractivity contribution is -0.138. The molecule has 1 aromatic carbocycles. The van der Waals surface area contributed by atoms with E-state index in [0.29, 0.717) is 12.3 Å². The van der Waals surface area contributed by atoms with Gasteiger partial charge in [-0.2, -0.15) is 13.2 Å². The van der Waals surface area contributed by atoms with Crippen LogP contribution in [0.15, 0.2) is 22.7 Å². The molecule has 2 unspecified atom stereocenters. The Kier molecular flexibility index (Phi) is 3.87. The molecule has 2 nitrogen and oxygen atoms in total. The number of anilines is 1. The van der Waals surface area contributed by atoms with E-state index in [0.717, 1.165) is 12.5 Å². The number of alkyl halides is 3. The highest BCUT2D eigenvalue weighted by Crippen LogP contribution is 2.36. The van der Waals surface area contributed by atoms with Gasteiger partial charge in [0.05, 0.1) is 17.7 Å². The quantitative estimate of drug-likeness (QED) is 0.886. The normalized spacial score (nSPS) is 24.3. The molecule has 1 heterocycles. The summed E-state index contributed by atoms with van der Waals surface area (Å²) in [6.45, 7) is 2.55. The zero-order chi connectivity index (χ0) is 13.3. The molecule has 0 aromatic heterocycles. The minimum atomic E-state index is -4.35. The molecule has 0 bridgehead atoms. The van der Waals surface area contributed by atoms with E-state index in [1.807, 2.05) is 6.92 Å². The first-order valence-electron chi connectivity index (χ1n) is 5.63. The van der Waals surface area contributed by atoms with Crippen LogP contribution in [0.4, 0.5) is 18.9 Å². The van der Waals surface area contributed by atoms with Crippen molar-refractivity contribution in [2.45, 2.75) is 31.7 Å². The van der Waals surface area contributed by atoms with Crippen molar-refractivity contribution >= 4 is 21.6 Å². The van der Waals surface area contributed by atoms with Gasteiger partial charge in [0.25, 0.3) is 0 Å². The van der Waals surface area contributed by atoms with Crippen molar-refractivity contribution < 1.29 is 17.9 Å². The number of rotatable bonds is 2. The lowest BCUT2D eigenvalue weighted by Crippen LogP contribution is -2.26. The summed E-state index contributed by atoms with van der Waals surface area (Å²) in [5.41, 5.74) is -0.202. The summed E-state index contributed by atoms with van der Waals surface area (Å²) in [6, 6.07) is 4.22. The average molecular weight is 324 g/mol. The van der Waals surface area contributed by atoms with Crippen molar-refractivity contribution in [2.24, 2.45) is 0 Å². The van der Waals surface area contributed by atoms with Crippen LogP contribution < -0.4 is 5.32 Å². The minimum absolute atomic E-state index is 0.0167. The smallest absolute Gasteiger partial charge is 0.380 e. The van der Waals surface area contributed by atoms with Crippen molar-refractivity contribution in [1.29, 1.82) is 0 Å². The number of hydrogen-bond donors (Lipinski definition) is 1. The molecule has 1 aromatic rings. The second-order valence-corrected chi connectivity index (χ2v) is 5.16. The first kappa shape index (κ1) is 13.7. The van der Waals surface area contributed by atoms with Crippen LogP contribution in [0.1, 0.15) is 18.9 Å². The van der Waals surface area contributed by atoms with Crippen LogP contribution in [-0.4, -0.2) is 18.8 Å². The summed E-state index contributed by atoms with van der Waals surface area (Å²) in [7, 11) is 0. The maximum atomic E-state index is 12.7. The maximum Gasteiger partial charge on any atom is 0.417 e. The first-order valence-corrected chi connectivity index (χ1v) is 6.42. The molecule has 100 valence electrons. The molecule has 0 aliphatic carbocycles. The fourth-order valence-electron chi connectivity index (χ4n) is 1.97. The van der Waals surface area contributed by atoms with Crippen molar-refractivity contribution in [1.82, 2.24) is 0 Å². The second-order valence-electron chi connectivity index (χ2n) is 4.31. The molecule has 0 radical (unpaired) electrons. The van der Waals surface area contributed by atoms with Gasteiger partial charge in [0, 0.05) is 16.8 Å². The second kappa shape index (κ2) is 5.09. The van der Waals surface area contributed by atoms with E-state index in [-0.39, 0.29) is 16.6 Å². The van der Waals surface area contributed by atoms with Gasteiger partial charge in [0.15, 0.2) is 0 Å². The van der Waals surface area contributed by atoms with Gasteiger partial charge in [0.2, 0.25) is 0 Å². The predicted molar refractivity (Wildman–Crippen MR) is 66.6 cm³/mol. The van der Waals surface area contributed by atoms with Crippen molar-refractivity contribution in [3.05, 3.63) is 28.2 Å². The van der Waals surface area contributed by atoms with E-state index in [1.165, 1.54) is 6.07 Å². The Hall–Kier alpha value is -0.750. The maximum absolute atomic E-state index is 12.7. The summed E-state index contributed by atoms with van der Waals surface area (Å²) in [5.74, 6) is 0. The topological polar surface area (TPSA) is 21.3 Å². The third-order valence-corrected chi connectivity index (χ3v) is 3.69. The fraction of sp³-hybridized carbons (Fsp3) is 0.500. The molecule has 2 rings (SSSR count). The van der Waals surface area contributed by atoms with Crippen LogP contribution in [0.2, 0.25) is 0 Å². The zero-order valence-corrected chi connectivity index (χ0v) is 11.3. The highest BCUT2D eigenvalue weighted by Gasteiger charge is 2.33. The summed E-state index contributed by atoms with van der Waals surface area (Å²) in [4.78, 5) is 0. The van der Waals surface area contributed by atoms with Crippen LogP contribution in [0, 0.1) is 0 Å². The molecular weight excluding hydrogens is 311 g/mol. The van der Waals surface area contributed by atoms with Gasteiger partial charge in [-0.15, -0.1) is 0 Å². The third-order valence-electron chi connectivity index (χ3n) is 3.00. The Labute approximate surface area is 112 Å². The molecule has 2 atom stereocenters. The lowest BCUT2D eigenvalue weighted by atomic mass is 10.1. The SMILES string of the molecule is CC1OCCC1Nc1ccc(Br)c(C(F)(F)F)c1. The van der Waals surface area contributed by atoms with Crippen molar-refractivity contribution in [3.8, 4) is 0 Å². The highest BCUT2D eigenvalue weighted by atomic mass is 79.9. The van der Waals surface area contributed by atoms with E-state index in [2.05, 4.69) is 21.2 Å². The first-order chi connectivity index (χ1) is 8.38. The monoisotopic (exact) mass is 323 g/mol. The van der Waals surface area contributed by atoms with E-state index in [9.17, 15) is 13.2 Å². The molecule has 18 heavy (non-hydrogen) atoms. The van der Waals surface area contributed by atoms with Gasteiger partial charge < -0.3 is 10.1 Å². The molecule has 1 saturated heterocycles. The molecule has 1 N–H and O–H groups in total. The van der Waals surface area contributed by atoms with E-state index in [4.69, 9.17) is 4.74 Å². The number of ether oxygens (including phenoxy) is 1. The van der Waals surface area contributed by atoms with Gasteiger partial charge in [-0.1, -0.05) is 15.9 Å². The van der Waals surface area contributed by atoms with Gasteiger partial charge in [-0.05, 0) is 31.5 Å². The molecule has 6 heteroatoms. The Bertz CT molecular complexity index is 436. The highest BCUT2D eigenvalue weighted by molar-refractivity contribution is 9.10. The summed E-state index contributed by atoms with van der Waals surface area (Å²) < 4.78 is 43.6. The Morgan fingerprint density at radius 3 is 2.67 bits per heavy atom. The minimum Gasteiger partial charge on any atom is -0.380 e. The summed E-state index contributed by atoms with van der Waals surface area (Å²) >= 11 is 2.92. The Balaban J connectivity index is 2.19. The summed E-state index contributed by atoms with van der Waals surface area (Å²) in [6.07, 6.45) is -3.53. The molecule has 0 saturated carbocycles. The van der Waals surface area contributed by atoms with Gasteiger partial charge in [-0.3, -0.25) is 0 Å². The molecule has 0 spiro atoms. The fourth-order valence-corrected chi connectivity index (χ4v) is 2.44. The van der Waals surface area contributed by atoms with Gasteiger partial charge >= 0.3 is 6.18 Å². The van der Waals surface area contributed by atoms with Gasteiger partial charge in [0.1, 0.15) is 0 Å². The van der Waals surface area contributed by atoms with Crippen LogP contribution in [-0.2, 0) is 10.9 Å². The van der Waals surface area contributed by atoms with E-state index in [1.54, 1.807) is 6.07 Å². The number of hydrogen-bond acceptors (Lipinski definition) is 2. The lowest BCUT2D eigenvalue weighted by Gasteiger charge is -2.19. The molecule has 0 amide bonds. The average Bonchev–Trinajstić information content (AvgIpc) is 2.66. The number of benzene rings is 1. The van der Waals surface area contributed by atoms with Crippen LogP contribution in [0.5, 0.6) is 0 Å². The number of halogens is 4. The molecule has 1 fully saturated rings. The van der Waals surface area contributed by atoms with Crippen LogP contribution in [0.25, 0.3) is 0 Å². The van der Waals surface area contributed by atoms with E-state index < -0.39 is 11.7 Å². The molecular formula is C12H13BrF3NO. The van der Waals surface area contributed by atoms with Gasteiger partial charge in [-0.25, -0.2) is 0 Å². The zero-order valence-electron chi connectivity index (χ0n) is 9.72. The predicted octanol–water partition coefficient (Wildman–Crippen LogP) is 4.06. The van der Waals surface area contributed by atoms with Crippen LogP contribution >= 0.6 is 15.9 Å². The summed E-state index contributed by atoms with van der Waals surface area (Å²) in [5, 5.41) is 3.08. The number of nitrogens with one attached hydrogen (secondary N) is 1. The van der Waals surface area contributed by atoms with E-state index >= 15 is 0 Å². The molecule has 1 aliphatic rings. The van der Waals surface area contributed by atoms with Crippen LogP contribution in [0.3, 0.4) is 0 Å². The Morgan fingerprint density at radius 2 is 2.11 bits per heavy atom.